The molecule has 0 fully saturated rings. The van der Waals surface area contributed by atoms with Gasteiger partial charge in [-0.05, 0) is 175 Å². The van der Waals surface area contributed by atoms with Gasteiger partial charge in [0.15, 0.2) is 28.4 Å². The third-order valence-electron chi connectivity index (χ3n) is 12.9. The van der Waals surface area contributed by atoms with Crippen LogP contribution < -0.4 is 14.2 Å². The summed E-state index contributed by atoms with van der Waals surface area (Å²) in [7, 11) is -6.36. The number of pyridine rings is 3. The van der Waals surface area contributed by atoms with Crippen LogP contribution in [0.3, 0.4) is 0 Å². The summed E-state index contributed by atoms with van der Waals surface area (Å²) in [5.41, 5.74) is 6.43. The number of fused-ring (bicyclic) bond motifs is 3. The fourth-order valence-electron chi connectivity index (χ4n) is 8.71. The summed E-state index contributed by atoms with van der Waals surface area (Å²) in [5.74, 6) is 1.73. The van der Waals surface area contributed by atoms with E-state index < -0.39 is 30.1 Å². The van der Waals surface area contributed by atoms with Gasteiger partial charge in [-0.2, -0.15) is 0 Å². The lowest BCUT2D eigenvalue weighted by Crippen LogP contribution is -2.12. The predicted molar refractivity (Wildman–Crippen MR) is 340 cm³/mol. The van der Waals surface area contributed by atoms with Gasteiger partial charge in [0, 0.05) is 80.7 Å². The van der Waals surface area contributed by atoms with Crippen LogP contribution in [0, 0.1) is 16.5 Å². The van der Waals surface area contributed by atoms with Gasteiger partial charge in [-0.1, -0.05) is 84.9 Å². The first-order valence-corrected chi connectivity index (χ1v) is 32.0. The first-order valence-electron chi connectivity index (χ1n) is 24.5. The van der Waals surface area contributed by atoms with Crippen LogP contribution in [0.5, 0.6) is 17.2 Å². The normalized spacial score (nSPS) is 11.6. The van der Waals surface area contributed by atoms with E-state index in [1.54, 1.807) is 162 Å². The number of rotatable bonds is 12. The molecule has 0 saturated heterocycles. The highest BCUT2D eigenvalue weighted by Crippen LogP contribution is 2.36. The summed E-state index contributed by atoms with van der Waals surface area (Å²) in [6.07, 6.45) is 9.73. The van der Waals surface area contributed by atoms with Crippen molar-refractivity contribution < 1.29 is 43.9 Å². The second kappa shape index (κ2) is 24.3. The molecule has 0 aliphatic heterocycles. The zero-order chi connectivity index (χ0) is 57.9. The van der Waals surface area contributed by atoms with E-state index >= 15 is 0 Å². The molecule has 0 aliphatic carbocycles. The fourth-order valence-corrected chi connectivity index (χ4v) is 15.3. The fraction of sp³-hybridized carbons (Fsp3) is 0.0500. The summed E-state index contributed by atoms with van der Waals surface area (Å²) in [4.78, 5) is 14.0. The predicted octanol–water partition coefficient (Wildman–Crippen LogP) is 13.8. The molecule has 22 heteroatoms. The van der Waals surface area contributed by atoms with E-state index in [1.807, 2.05) is 60.7 Å². The Labute approximate surface area is 513 Å². The van der Waals surface area contributed by atoms with Crippen molar-refractivity contribution in [2.75, 3.05) is 21.3 Å². The Kier molecular flexibility index (Phi) is 17.2. The number of halogens is 4. The van der Waals surface area contributed by atoms with E-state index in [9.17, 15) is 29.6 Å². The van der Waals surface area contributed by atoms with Crippen LogP contribution in [0.25, 0.3) is 66.5 Å². The molecule has 0 unspecified atom stereocenters. The monoisotopic (exact) mass is 1490 g/mol. The Balaban J connectivity index is 0.000000138. The number of hydrogen-bond acceptors (Lipinski definition) is 12. The van der Waals surface area contributed by atoms with Gasteiger partial charge in [0.1, 0.15) is 11.6 Å². The van der Waals surface area contributed by atoms with Crippen molar-refractivity contribution in [2.45, 2.75) is 14.7 Å². The first kappa shape index (κ1) is 58.0. The number of nitrogens with zero attached hydrogens (tertiary/aromatic N) is 6. The van der Waals surface area contributed by atoms with Crippen molar-refractivity contribution in [1.82, 2.24) is 26.9 Å². The van der Waals surface area contributed by atoms with Gasteiger partial charge in [-0.25, -0.2) is 56.5 Å². The molecular weight excluding hydrogens is 1440 g/mol. The topological polar surface area (TPSA) is 184 Å². The number of hydrogen-bond donors (Lipinski definition) is 0. The van der Waals surface area contributed by atoms with Gasteiger partial charge in [0.2, 0.25) is 0 Å². The Morgan fingerprint density at radius 2 is 0.707 bits per heavy atom. The minimum atomic E-state index is -3.73. The molecule has 0 amide bonds. The maximum atomic E-state index is 13.1. The van der Waals surface area contributed by atoms with E-state index in [1.165, 1.54) is 24.0 Å². The molecule has 15 nitrogen and oxygen atoms in total. The molecule has 0 radical (unpaired) electrons. The average molecular weight is 1490 g/mol. The van der Waals surface area contributed by atoms with E-state index in [0.717, 1.165) is 66.0 Å². The number of methoxy groups -OCH3 is 3. The highest BCUT2D eigenvalue weighted by molar-refractivity contribution is 14.1. The molecule has 6 heterocycles. The van der Waals surface area contributed by atoms with Crippen LogP contribution in [0.4, 0.5) is 4.39 Å². The second-order valence-electron chi connectivity index (χ2n) is 17.9. The first-order chi connectivity index (χ1) is 39.4. The van der Waals surface area contributed by atoms with Crippen LogP contribution in [-0.4, -0.2) is 73.5 Å². The van der Waals surface area contributed by atoms with Gasteiger partial charge in [-0.15, -0.1) is 0 Å². The minimum absolute atomic E-state index is 0.206. The highest BCUT2D eigenvalue weighted by Gasteiger charge is 2.25. The zero-order valence-corrected chi connectivity index (χ0v) is 52.2. The van der Waals surface area contributed by atoms with Crippen molar-refractivity contribution in [3.05, 3.63) is 230 Å². The Morgan fingerprint density at radius 1 is 0.378 bits per heavy atom. The summed E-state index contributed by atoms with van der Waals surface area (Å²) in [5, 5.41) is 2.28. The third kappa shape index (κ3) is 11.7. The van der Waals surface area contributed by atoms with Crippen molar-refractivity contribution >= 4 is 131 Å². The molecule has 0 aliphatic rings. The summed E-state index contributed by atoms with van der Waals surface area (Å²) < 4.78 is 113. The molecule has 0 N–H and O–H groups in total. The number of ether oxygens (including phenoxy) is 3. The van der Waals surface area contributed by atoms with Gasteiger partial charge < -0.3 is 14.2 Å². The second-order valence-corrected chi connectivity index (χ2v) is 26.8. The lowest BCUT2D eigenvalue weighted by atomic mass is 10.1. The SMILES string of the molecule is COc1ccc(-c2cnc3c(c2)c(I)cn3S(=O)(=O)c2ccccc2)cc1.COc1ccc(-c2cnc3c(c2)c(I)cn3S(=O)(=O)c2ccccc2)cc1OC.O=S(=O)(c1ccccc1)n1cc(I)c2cc(-c3ccc(F)cc3)cnc21. The quantitative estimate of drug-likeness (QED) is 0.106. The van der Waals surface area contributed by atoms with Gasteiger partial charge in [0.25, 0.3) is 30.1 Å². The Morgan fingerprint density at radius 3 is 1.05 bits per heavy atom. The number of aromatic nitrogens is 6. The molecule has 0 spiro atoms. The van der Waals surface area contributed by atoms with Gasteiger partial charge >= 0.3 is 0 Å². The maximum absolute atomic E-state index is 13.1. The molecule has 6 aromatic heterocycles. The van der Waals surface area contributed by atoms with E-state index in [0.29, 0.717) is 28.4 Å². The molecule has 6 aromatic carbocycles. The summed E-state index contributed by atoms with van der Waals surface area (Å²) in [6, 6.07) is 50.1. The molecule has 0 bridgehead atoms. The molecule has 12 rings (SSSR count). The average Bonchev–Trinajstić information content (AvgIpc) is 4.32. The standard InChI is InChI=1S/C21H17IN2O4S.C20H15IN2O3S.C19H12FIN2O2S/c1-27-19-9-8-14(11-20(19)28-2)15-10-17-18(22)13-24(21(17)23-12-15)29(25,26)16-6-4-3-5-7-16;1-26-16-9-7-14(8-10-16)15-11-18-19(21)13-23(20(18)22-12-15)27(24,25)17-5-3-2-4-6-17;20-15-8-6-13(7-9-15)14-10-17-18(21)12-23(19(17)22-11-14)26(24,25)16-4-2-1-3-5-16/h3-13H,1-2H3;2-13H,1H3;1-12H. The van der Waals surface area contributed by atoms with Gasteiger partial charge in [0.05, 0.1) is 36.0 Å². The van der Waals surface area contributed by atoms with Crippen molar-refractivity contribution in [2.24, 2.45) is 0 Å². The third-order valence-corrected chi connectivity index (χ3v) is 20.5. The lowest BCUT2D eigenvalue weighted by Gasteiger charge is -2.10. The van der Waals surface area contributed by atoms with Crippen LogP contribution in [0.1, 0.15) is 0 Å². The Bertz CT molecular complexity index is 4670. The molecule has 0 atom stereocenters. The van der Waals surface area contributed by atoms with E-state index in [2.05, 4.69) is 82.7 Å². The minimum Gasteiger partial charge on any atom is -0.497 e. The van der Waals surface area contributed by atoms with Crippen LogP contribution in [-0.2, 0) is 30.1 Å². The van der Waals surface area contributed by atoms with Gasteiger partial charge in [-0.3, -0.25) is 0 Å². The van der Waals surface area contributed by atoms with E-state index in [-0.39, 0.29) is 20.5 Å². The number of benzene rings is 6. The Hall–Kier alpha value is -7.24. The molecule has 0 saturated carbocycles. The molecule has 12 aromatic rings. The molecular formula is C60H44FI3N6O9S3. The summed E-state index contributed by atoms with van der Waals surface area (Å²) in [6.45, 7) is 0. The van der Waals surface area contributed by atoms with Crippen molar-refractivity contribution in [3.8, 4) is 50.6 Å². The maximum Gasteiger partial charge on any atom is 0.269 e. The smallest absolute Gasteiger partial charge is 0.269 e. The van der Waals surface area contributed by atoms with Crippen molar-refractivity contribution in [1.29, 1.82) is 0 Å². The van der Waals surface area contributed by atoms with Crippen LogP contribution in [0.2, 0.25) is 0 Å². The summed E-state index contributed by atoms with van der Waals surface area (Å²) >= 11 is 6.36. The van der Waals surface area contributed by atoms with Crippen LogP contribution in [0.15, 0.2) is 228 Å². The van der Waals surface area contributed by atoms with Crippen molar-refractivity contribution in [3.63, 3.8) is 0 Å². The highest BCUT2D eigenvalue weighted by atomic mass is 127. The molecule has 82 heavy (non-hydrogen) atoms. The molecule has 414 valence electrons. The zero-order valence-electron chi connectivity index (χ0n) is 43.3. The van der Waals surface area contributed by atoms with Crippen LogP contribution >= 0.6 is 67.8 Å². The van der Waals surface area contributed by atoms with E-state index in [4.69, 9.17) is 14.2 Å². The lowest BCUT2D eigenvalue weighted by molar-refractivity contribution is 0.355. The largest absolute Gasteiger partial charge is 0.497 e.